The molecular formula is C29H28FLiN4O4S. The van der Waals surface area contributed by atoms with Crippen LogP contribution in [0.15, 0.2) is 53.7 Å². The molecule has 0 radical (unpaired) electrons. The van der Waals surface area contributed by atoms with E-state index in [0.29, 0.717) is 46.2 Å². The van der Waals surface area contributed by atoms with Crippen LogP contribution in [0.3, 0.4) is 0 Å². The van der Waals surface area contributed by atoms with Crippen LogP contribution in [0.2, 0.25) is 0 Å². The third-order valence-electron chi connectivity index (χ3n) is 7.40. The standard InChI is InChI=1S/C29H29FN4O4S.Li/c1-29(2,30)15-33-39(37,38)27-22-11-19(10-17(22)9-18-13-31-24(12-23(18)27)16-7-8-16)34-25-14-32-26(28(35)36)21-6-4-3-5-20(21)25;/h3-6,9,12-14,16,19,33-34H,7-8,10-11,15H2,1-2H3,(H,35,36);/q;+1/p-1/t19-;/m1./s1. The minimum Gasteiger partial charge on any atom is -0.543 e. The van der Waals surface area contributed by atoms with Crippen LogP contribution < -0.4 is 34.0 Å². The van der Waals surface area contributed by atoms with Crippen molar-refractivity contribution in [2.75, 3.05) is 11.9 Å². The fourth-order valence-corrected chi connectivity index (χ4v) is 7.09. The molecule has 1 fully saturated rings. The van der Waals surface area contributed by atoms with Gasteiger partial charge in [0.15, 0.2) is 0 Å². The van der Waals surface area contributed by atoms with Crippen LogP contribution in [0.4, 0.5) is 10.1 Å². The first-order valence-corrected chi connectivity index (χ1v) is 14.5. The molecule has 40 heavy (non-hydrogen) atoms. The summed E-state index contributed by atoms with van der Waals surface area (Å²) in [5.41, 5.74) is 1.26. The number of alkyl halides is 1. The fraction of sp³-hybridized carbons (Fsp3) is 0.345. The van der Waals surface area contributed by atoms with Crippen molar-refractivity contribution in [1.29, 1.82) is 0 Å². The van der Waals surface area contributed by atoms with Crippen LogP contribution in [-0.2, 0) is 22.9 Å². The molecule has 2 aliphatic carbocycles. The first-order chi connectivity index (χ1) is 18.5. The Bertz CT molecular complexity index is 1750. The zero-order valence-electron chi connectivity index (χ0n) is 22.6. The van der Waals surface area contributed by atoms with Crippen molar-refractivity contribution in [3.05, 3.63) is 71.3 Å². The molecule has 0 unspecified atom stereocenters. The predicted octanol–water partition coefficient (Wildman–Crippen LogP) is 0.634. The van der Waals surface area contributed by atoms with E-state index in [1.165, 1.54) is 20.0 Å². The zero-order chi connectivity index (χ0) is 27.5. The molecule has 202 valence electrons. The molecule has 0 saturated heterocycles. The number of carboxylic acid groups (broad SMARTS) is 1. The Morgan fingerprint density at radius 2 is 1.80 bits per heavy atom. The van der Waals surface area contributed by atoms with E-state index in [-0.39, 0.29) is 42.0 Å². The summed E-state index contributed by atoms with van der Waals surface area (Å²) in [6.07, 6.45) is 6.23. The van der Waals surface area contributed by atoms with Gasteiger partial charge in [-0.05, 0) is 62.8 Å². The maximum atomic E-state index is 14.3. The first kappa shape index (κ1) is 28.5. The number of aromatic carboxylic acids is 1. The van der Waals surface area contributed by atoms with Gasteiger partial charge in [0.25, 0.3) is 0 Å². The third kappa shape index (κ3) is 5.46. The second kappa shape index (κ2) is 10.4. The number of hydrogen-bond acceptors (Lipinski definition) is 7. The molecular weight excluding hydrogens is 526 g/mol. The SMILES string of the molecule is CC(C)(F)CNS(=O)(=O)c1c2c(cc3cnc(C4CC4)cc13)C[C@@H](Nc1cnc(C(=O)[O-])c3ccccc13)C2.[Li+]. The Kier molecular flexibility index (Phi) is 7.42. The van der Waals surface area contributed by atoms with Gasteiger partial charge in [-0.3, -0.25) is 9.97 Å². The van der Waals surface area contributed by atoms with Crippen molar-refractivity contribution in [1.82, 2.24) is 14.7 Å². The minimum atomic E-state index is -4.04. The summed E-state index contributed by atoms with van der Waals surface area (Å²) < 4.78 is 44.2. The van der Waals surface area contributed by atoms with Gasteiger partial charge >= 0.3 is 18.9 Å². The van der Waals surface area contributed by atoms with Gasteiger partial charge < -0.3 is 15.2 Å². The monoisotopic (exact) mass is 554 g/mol. The summed E-state index contributed by atoms with van der Waals surface area (Å²) in [7, 11) is -4.04. The summed E-state index contributed by atoms with van der Waals surface area (Å²) in [6, 6.07) is 10.7. The van der Waals surface area contributed by atoms with Crippen molar-refractivity contribution < 1.29 is 41.6 Å². The van der Waals surface area contributed by atoms with Crippen molar-refractivity contribution in [3.8, 4) is 0 Å². The Balaban J connectivity index is 0.00000323. The Morgan fingerprint density at radius 3 is 2.48 bits per heavy atom. The Labute approximate surface area is 244 Å². The first-order valence-electron chi connectivity index (χ1n) is 13.0. The molecule has 1 saturated carbocycles. The maximum absolute atomic E-state index is 14.3. The molecule has 0 bridgehead atoms. The van der Waals surface area contributed by atoms with E-state index < -0.39 is 21.7 Å². The zero-order valence-corrected chi connectivity index (χ0v) is 23.4. The van der Waals surface area contributed by atoms with Crippen LogP contribution in [0.5, 0.6) is 0 Å². The van der Waals surface area contributed by atoms with Crippen molar-refractivity contribution in [2.45, 2.75) is 62.1 Å². The molecule has 0 amide bonds. The van der Waals surface area contributed by atoms with Crippen LogP contribution in [-0.4, -0.2) is 42.6 Å². The average Bonchev–Trinajstić information content (AvgIpc) is 3.66. The summed E-state index contributed by atoms with van der Waals surface area (Å²) in [6.45, 7) is 2.33. The molecule has 1 atom stereocenters. The fourth-order valence-electron chi connectivity index (χ4n) is 5.41. The van der Waals surface area contributed by atoms with Gasteiger partial charge in [0.05, 0.1) is 28.4 Å². The molecule has 8 nitrogen and oxygen atoms in total. The van der Waals surface area contributed by atoms with E-state index in [4.69, 9.17) is 0 Å². The number of carboxylic acids is 1. The van der Waals surface area contributed by atoms with Crippen LogP contribution in [0.1, 0.15) is 59.9 Å². The van der Waals surface area contributed by atoms with Gasteiger partial charge in [-0.15, -0.1) is 0 Å². The van der Waals surface area contributed by atoms with Crippen LogP contribution >= 0.6 is 0 Å². The number of nitrogens with one attached hydrogen (secondary N) is 2. The van der Waals surface area contributed by atoms with E-state index in [1.54, 1.807) is 18.3 Å². The number of pyridine rings is 2. The average molecular weight is 555 g/mol. The Morgan fingerprint density at radius 1 is 1.07 bits per heavy atom. The van der Waals surface area contributed by atoms with E-state index in [1.807, 2.05) is 24.3 Å². The molecule has 2 aromatic carbocycles. The number of rotatable bonds is 8. The Hall–Kier alpha value is -3.03. The summed E-state index contributed by atoms with van der Waals surface area (Å²) in [5, 5.41) is 17.5. The van der Waals surface area contributed by atoms with Crippen molar-refractivity contribution in [3.63, 3.8) is 0 Å². The van der Waals surface area contributed by atoms with Gasteiger partial charge in [0.2, 0.25) is 10.0 Å². The number of hydrogen-bond donors (Lipinski definition) is 2. The van der Waals surface area contributed by atoms with Gasteiger partial charge in [0.1, 0.15) is 5.67 Å². The predicted molar refractivity (Wildman–Crippen MR) is 145 cm³/mol. The van der Waals surface area contributed by atoms with Gasteiger partial charge in [-0.2, -0.15) is 0 Å². The second-order valence-corrected chi connectivity index (χ2v) is 12.8. The summed E-state index contributed by atoms with van der Waals surface area (Å²) in [5.74, 6) is -1.01. The van der Waals surface area contributed by atoms with Gasteiger partial charge in [0, 0.05) is 51.9 Å². The van der Waals surface area contributed by atoms with Crippen molar-refractivity contribution >= 4 is 43.2 Å². The number of benzene rings is 2. The number of fused-ring (bicyclic) bond motifs is 3. The largest absolute Gasteiger partial charge is 1.00 e. The van der Waals surface area contributed by atoms with Gasteiger partial charge in [-0.1, -0.05) is 24.3 Å². The molecule has 11 heteroatoms. The molecule has 2 aromatic heterocycles. The van der Waals surface area contributed by atoms with Gasteiger partial charge in [-0.25, -0.2) is 17.5 Å². The number of carbonyl (C=O) groups is 1. The number of aromatic nitrogens is 2. The second-order valence-electron chi connectivity index (χ2n) is 11.1. The topological polar surface area (TPSA) is 124 Å². The molecule has 6 rings (SSSR count). The van der Waals surface area contributed by atoms with Crippen molar-refractivity contribution in [2.24, 2.45) is 0 Å². The molecule has 0 aliphatic heterocycles. The normalized spacial score (nSPS) is 17.0. The molecule has 2 N–H and O–H groups in total. The van der Waals surface area contributed by atoms with E-state index in [2.05, 4.69) is 20.0 Å². The summed E-state index contributed by atoms with van der Waals surface area (Å²) in [4.78, 5) is 20.4. The minimum absolute atomic E-state index is 0. The van der Waals surface area contributed by atoms with E-state index in [0.717, 1.165) is 29.5 Å². The maximum Gasteiger partial charge on any atom is 1.00 e. The molecule has 0 spiro atoms. The molecule has 2 aliphatic rings. The number of carbonyl (C=O) groups excluding carboxylic acids is 1. The number of nitrogens with zero attached hydrogens (tertiary/aromatic N) is 2. The van der Waals surface area contributed by atoms with Crippen LogP contribution in [0.25, 0.3) is 21.5 Å². The van der Waals surface area contributed by atoms with Crippen LogP contribution in [0, 0.1) is 0 Å². The number of anilines is 1. The number of halogens is 1. The smallest absolute Gasteiger partial charge is 0.543 e. The molecule has 2 heterocycles. The number of sulfonamides is 1. The van der Waals surface area contributed by atoms with E-state index in [9.17, 15) is 22.7 Å². The summed E-state index contributed by atoms with van der Waals surface area (Å²) >= 11 is 0. The molecule has 4 aromatic rings. The quantitative estimate of drug-likeness (QED) is 0.306. The third-order valence-corrected chi connectivity index (χ3v) is 8.93. The van der Waals surface area contributed by atoms with E-state index >= 15 is 0 Å².